The number of aryl methyl sites for hydroxylation is 1. The normalized spacial score (nSPS) is 11.9. The Kier molecular flexibility index (Phi) is 5.30. The summed E-state index contributed by atoms with van der Waals surface area (Å²) >= 11 is 3.45. The summed E-state index contributed by atoms with van der Waals surface area (Å²) in [6.45, 7) is 1.88. The number of halogens is 1. The van der Waals surface area contributed by atoms with Gasteiger partial charge in [-0.15, -0.1) is 0 Å². The number of benzene rings is 1. The summed E-state index contributed by atoms with van der Waals surface area (Å²) in [7, 11) is 0. The van der Waals surface area contributed by atoms with Gasteiger partial charge in [0.1, 0.15) is 5.69 Å². The van der Waals surface area contributed by atoms with E-state index in [1.54, 1.807) is 6.07 Å². The van der Waals surface area contributed by atoms with Gasteiger partial charge in [-0.1, -0.05) is 52.3 Å². The predicted molar refractivity (Wildman–Crippen MR) is 84.2 cm³/mol. The van der Waals surface area contributed by atoms with E-state index in [-0.39, 0.29) is 11.9 Å². The highest BCUT2D eigenvalue weighted by molar-refractivity contribution is 9.09. The van der Waals surface area contributed by atoms with Crippen LogP contribution in [0.2, 0.25) is 0 Å². The van der Waals surface area contributed by atoms with E-state index in [1.807, 2.05) is 37.3 Å². The fourth-order valence-corrected chi connectivity index (χ4v) is 2.36. The summed E-state index contributed by atoms with van der Waals surface area (Å²) in [5.41, 5.74) is 2.51. The maximum Gasteiger partial charge on any atom is 0.270 e. The molecule has 104 valence electrons. The van der Waals surface area contributed by atoms with Gasteiger partial charge in [-0.05, 0) is 31.0 Å². The lowest BCUT2D eigenvalue weighted by molar-refractivity contribution is 0.0936. The summed E-state index contributed by atoms with van der Waals surface area (Å²) in [6, 6.07) is 15.6. The molecule has 2 rings (SSSR count). The zero-order valence-electron chi connectivity index (χ0n) is 11.3. The second-order valence-electron chi connectivity index (χ2n) is 4.68. The van der Waals surface area contributed by atoms with E-state index >= 15 is 0 Å². The summed E-state index contributed by atoms with van der Waals surface area (Å²) in [4.78, 5) is 16.4. The van der Waals surface area contributed by atoms with Crippen LogP contribution in [0.4, 0.5) is 0 Å². The van der Waals surface area contributed by atoms with Crippen LogP contribution in [0.25, 0.3) is 0 Å². The van der Waals surface area contributed by atoms with Crippen molar-refractivity contribution in [2.45, 2.75) is 19.4 Å². The van der Waals surface area contributed by atoms with E-state index in [1.165, 1.54) is 5.56 Å². The molecule has 1 amide bonds. The van der Waals surface area contributed by atoms with Gasteiger partial charge in [0.2, 0.25) is 0 Å². The summed E-state index contributed by atoms with van der Waals surface area (Å²) < 4.78 is 0. The number of pyridine rings is 1. The highest BCUT2D eigenvalue weighted by Crippen LogP contribution is 2.06. The molecule has 0 saturated heterocycles. The van der Waals surface area contributed by atoms with Crippen molar-refractivity contribution < 1.29 is 4.79 Å². The number of hydrogen-bond acceptors (Lipinski definition) is 2. The second-order valence-corrected chi connectivity index (χ2v) is 5.33. The summed E-state index contributed by atoms with van der Waals surface area (Å²) in [5.74, 6) is -0.130. The molecule has 0 bridgehead atoms. The molecule has 0 saturated carbocycles. The van der Waals surface area contributed by atoms with E-state index in [4.69, 9.17) is 0 Å². The number of alkyl halides is 1. The largest absolute Gasteiger partial charge is 0.347 e. The lowest BCUT2D eigenvalue weighted by Gasteiger charge is -2.16. The molecule has 1 aromatic heterocycles. The van der Waals surface area contributed by atoms with Gasteiger partial charge in [0.25, 0.3) is 5.91 Å². The quantitative estimate of drug-likeness (QED) is 0.854. The van der Waals surface area contributed by atoms with Crippen molar-refractivity contribution >= 4 is 21.8 Å². The topological polar surface area (TPSA) is 42.0 Å². The van der Waals surface area contributed by atoms with Crippen LogP contribution in [-0.4, -0.2) is 22.3 Å². The van der Waals surface area contributed by atoms with Crippen molar-refractivity contribution in [3.8, 4) is 0 Å². The Morgan fingerprint density at radius 1 is 1.20 bits per heavy atom. The molecule has 3 nitrogen and oxygen atoms in total. The Balaban J connectivity index is 2.01. The van der Waals surface area contributed by atoms with Crippen LogP contribution in [0.1, 0.15) is 21.7 Å². The highest BCUT2D eigenvalue weighted by Gasteiger charge is 2.14. The Bertz CT molecular complexity index is 572. The second kappa shape index (κ2) is 7.20. The number of carbonyl (C=O) groups is 1. The molecule has 4 heteroatoms. The average molecular weight is 333 g/mol. The van der Waals surface area contributed by atoms with Crippen LogP contribution in [0, 0.1) is 6.92 Å². The Morgan fingerprint density at radius 2 is 1.95 bits per heavy atom. The van der Waals surface area contributed by atoms with Crippen molar-refractivity contribution in [3.05, 3.63) is 65.5 Å². The van der Waals surface area contributed by atoms with E-state index in [2.05, 4.69) is 38.4 Å². The molecule has 1 heterocycles. The first-order valence-corrected chi connectivity index (χ1v) is 7.65. The number of rotatable bonds is 5. The number of hydrogen-bond donors (Lipinski definition) is 1. The van der Waals surface area contributed by atoms with Gasteiger partial charge < -0.3 is 5.32 Å². The molecule has 1 N–H and O–H groups in total. The summed E-state index contributed by atoms with van der Waals surface area (Å²) in [6.07, 6.45) is 0.795. The first-order chi connectivity index (χ1) is 9.69. The van der Waals surface area contributed by atoms with Gasteiger partial charge >= 0.3 is 0 Å². The average Bonchev–Trinajstić information content (AvgIpc) is 2.47. The number of amides is 1. The molecule has 0 aliphatic rings. The van der Waals surface area contributed by atoms with Crippen LogP contribution in [-0.2, 0) is 6.42 Å². The Labute approximate surface area is 127 Å². The van der Waals surface area contributed by atoms with Gasteiger partial charge in [-0.2, -0.15) is 0 Å². The zero-order chi connectivity index (χ0) is 14.4. The van der Waals surface area contributed by atoms with Crippen molar-refractivity contribution in [2.24, 2.45) is 0 Å². The molecule has 1 atom stereocenters. The fraction of sp³-hybridized carbons (Fsp3) is 0.250. The maximum absolute atomic E-state index is 12.2. The SMILES string of the molecule is Cc1cccc(C(=O)NC(CBr)Cc2ccccc2)n1. The van der Waals surface area contributed by atoms with Crippen LogP contribution in [0.5, 0.6) is 0 Å². The summed E-state index contributed by atoms with van der Waals surface area (Å²) in [5, 5.41) is 3.72. The van der Waals surface area contributed by atoms with Crippen LogP contribution in [0.3, 0.4) is 0 Å². The Hall–Kier alpha value is -1.68. The standard InChI is InChI=1S/C16H17BrN2O/c1-12-6-5-9-15(18-12)16(20)19-14(11-17)10-13-7-3-2-4-8-13/h2-9,14H,10-11H2,1H3,(H,19,20). The lowest BCUT2D eigenvalue weighted by Crippen LogP contribution is -2.38. The lowest BCUT2D eigenvalue weighted by atomic mass is 10.1. The third-order valence-electron chi connectivity index (χ3n) is 2.97. The van der Waals surface area contributed by atoms with Crippen LogP contribution in [0.15, 0.2) is 48.5 Å². The third kappa shape index (κ3) is 4.17. The molecule has 0 fully saturated rings. The number of carbonyl (C=O) groups excluding carboxylic acids is 1. The molecule has 2 aromatic rings. The Morgan fingerprint density at radius 3 is 2.60 bits per heavy atom. The zero-order valence-corrected chi connectivity index (χ0v) is 12.9. The van der Waals surface area contributed by atoms with Gasteiger partial charge in [0, 0.05) is 17.1 Å². The molecule has 0 radical (unpaired) electrons. The van der Waals surface area contributed by atoms with E-state index in [9.17, 15) is 4.79 Å². The van der Waals surface area contributed by atoms with Crippen molar-refractivity contribution in [2.75, 3.05) is 5.33 Å². The molecule has 0 aliphatic carbocycles. The van der Waals surface area contributed by atoms with Crippen molar-refractivity contribution in [1.82, 2.24) is 10.3 Å². The fourth-order valence-electron chi connectivity index (χ4n) is 1.97. The minimum Gasteiger partial charge on any atom is -0.347 e. The predicted octanol–water partition coefficient (Wildman–Crippen LogP) is 3.13. The third-order valence-corrected chi connectivity index (χ3v) is 3.75. The van der Waals surface area contributed by atoms with Crippen molar-refractivity contribution in [1.29, 1.82) is 0 Å². The van der Waals surface area contributed by atoms with Crippen LogP contribution >= 0.6 is 15.9 Å². The molecule has 20 heavy (non-hydrogen) atoms. The number of nitrogens with one attached hydrogen (secondary N) is 1. The minimum atomic E-state index is -0.130. The molecule has 1 aromatic carbocycles. The minimum absolute atomic E-state index is 0.0483. The van der Waals surface area contributed by atoms with Gasteiger partial charge in [-0.3, -0.25) is 4.79 Å². The molecule has 0 spiro atoms. The van der Waals surface area contributed by atoms with Gasteiger partial charge in [-0.25, -0.2) is 4.98 Å². The molecule has 0 aliphatic heterocycles. The molecular formula is C16H17BrN2O. The van der Waals surface area contributed by atoms with E-state index < -0.39 is 0 Å². The molecule has 1 unspecified atom stereocenters. The first-order valence-electron chi connectivity index (χ1n) is 6.53. The van der Waals surface area contributed by atoms with Crippen molar-refractivity contribution in [3.63, 3.8) is 0 Å². The highest BCUT2D eigenvalue weighted by atomic mass is 79.9. The smallest absolute Gasteiger partial charge is 0.270 e. The number of aromatic nitrogens is 1. The van der Waals surface area contributed by atoms with E-state index in [0.29, 0.717) is 11.0 Å². The first kappa shape index (κ1) is 14.7. The maximum atomic E-state index is 12.2. The number of nitrogens with zero attached hydrogens (tertiary/aromatic N) is 1. The van der Waals surface area contributed by atoms with Gasteiger partial charge in [0.05, 0.1) is 0 Å². The van der Waals surface area contributed by atoms with Gasteiger partial charge in [0.15, 0.2) is 0 Å². The molecular weight excluding hydrogens is 316 g/mol. The monoisotopic (exact) mass is 332 g/mol. The van der Waals surface area contributed by atoms with E-state index in [0.717, 1.165) is 12.1 Å². The van der Waals surface area contributed by atoms with Crippen LogP contribution < -0.4 is 5.32 Å².